The zero-order valence-electron chi connectivity index (χ0n) is 18.1. The van der Waals surface area contributed by atoms with E-state index in [0.29, 0.717) is 35.5 Å². The van der Waals surface area contributed by atoms with Gasteiger partial charge in [-0.1, -0.05) is 30.3 Å². The maximum atomic E-state index is 13.2. The monoisotopic (exact) mass is 438 g/mol. The molecule has 4 aromatic rings. The quantitative estimate of drug-likeness (QED) is 0.430. The molecule has 164 valence electrons. The van der Waals surface area contributed by atoms with Gasteiger partial charge >= 0.3 is 5.97 Å². The Labute approximate surface area is 191 Å². The van der Waals surface area contributed by atoms with Crippen LogP contribution in [0.4, 0.5) is 5.69 Å². The Balaban J connectivity index is 1.41. The summed E-state index contributed by atoms with van der Waals surface area (Å²) < 4.78 is 10.6. The van der Waals surface area contributed by atoms with Gasteiger partial charge in [-0.3, -0.25) is 9.78 Å². The lowest BCUT2D eigenvalue weighted by atomic mass is 9.97. The Morgan fingerprint density at radius 1 is 1.06 bits per heavy atom. The second-order valence-electron chi connectivity index (χ2n) is 7.77. The Morgan fingerprint density at radius 3 is 2.82 bits per heavy atom. The number of fused-ring (bicyclic) bond motifs is 2. The van der Waals surface area contributed by atoms with Crippen molar-refractivity contribution in [3.8, 4) is 16.9 Å². The van der Waals surface area contributed by atoms with Crippen molar-refractivity contribution in [1.82, 2.24) is 4.98 Å². The van der Waals surface area contributed by atoms with Crippen LogP contribution in [-0.4, -0.2) is 30.1 Å². The number of aromatic nitrogens is 1. The first-order valence-electron chi connectivity index (χ1n) is 10.9. The predicted molar refractivity (Wildman–Crippen MR) is 127 cm³/mol. The van der Waals surface area contributed by atoms with E-state index < -0.39 is 5.97 Å². The number of esters is 1. The number of anilines is 1. The smallest absolute Gasteiger partial charge is 0.339 e. The summed E-state index contributed by atoms with van der Waals surface area (Å²) in [6.45, 7) is 2.76. The van der Waals surface area contributed by atoms with Crippen LogP contribution in [0.25, 0.3) is 22.0 Å². The molecule has 1 aromatic heterocycles. The van der Waals surface area contributed by atoms with Crippen LogP contribution in [0.3, 0.4) is 0 Å². The summed E-state index contributed by atoms with van der Waals surface area (Å²) >= 11 is 0. The van der Waals surface area contributed by atoms with Gasteiger partial charge in [0.15, 0.2) is 0 Å². The number of rotatable bonds is 5. The van der Waals surface area contributed by atoms with Crippen molar-refractivity contribution >= 4 is 28.5 Å². The van der Waals surface area contributed by atoms with Gasteiger partial charge < -0.3 is 14.8 Å². The zero-order chi connectivity index (χ0) is 22.8. The Kier molecular flexibility index (Phi) is 5.48. The molecule has 0 unspecified atom stereocenters. The predicted octanol–water partition coefficient (Wildman–Crippen LogP) is 5.27. The fourth-order valence-electron chi connectivity index (χ4n) is 4.01. The molecule has 3 aromatic carbocycles. The van der Waals surface area contributed by atoms with E-state index in [4.69, 9.17) is 9.47 Å². The molecule has 0 aliphatic carbocycles. The molecule has 1 amide bonds. The average molecular weight is 438 g/mol. The molecule has 0 bridgehead atoms. The van der Waals surface area contributed by atoms with E-state index in [1.807, 2.05) is 42.5 Å². The molecule has 1 N–H and O–H groups in total. The number of ether oxygens (including phenoxy) is 2. The molecule has 6 heteroatoms. The van der Waals surface area contributed by atoms with Crippen molar-refractivity contribution < 1.29 is 19.1 Å². The molecule has 6 nitrogen and oxygen atoms in total. The topological polar surface area (TPSA) is 77.5 Å². The van der Waals surface area contributed by atoms with Crippen LogP contribution in [0.2, 0.25) is 0 Å². The third-order valence-corrected chi connectivity index (χ3v) is 5.63. The summed E-state index contributed by atoms with van der Waals surface area (Å²) in [6, 6.07) is 20.7. The van der Waals surface area contributed by atoms with Crippen LogP contribution in [0, 0.1) is 0 Å². The first kappa shape index (κ1) is 20.7. The minimum absolute atomic E-state index is 0.204. The van der Waals surface area contributed by atoms with Gasteiger partial charge in [-0.25, -0.2) is 4.79 Å². The van der Waals surface area contributed by atoms with Crippen LogP contribution in [0.1, 0.15) is 33.2 Å². The molecular weight excluding hydrogens is 416 g/mol. The van der Waals surface area contributed by atoms with Crippen LogP contribution >= 0.6 is 0 Å². The Bertz CT molecular complexity index is 1380. The van der Waals surface area contributed by atoms with Crippen LogP contribution in [-0.2, 0) is 11.2 Å². The van der Waals surface area contributed by atoms with Gasteiger partial charge in [-0.2, -0.15) is 0 Å². The largest absolute Gasteiger partial charge is 0.493 e. The SMILES string of the molecule is CCOC(=O)c1cnc2cc(NC(=O)c3ccccc3-c3ccc4c(c3)CCO4)ccc2c1. The lowest BCUT2D eigenvalue weighted by Crippen LogP contribution is -2.13. The summed E-state index contributed by atoms with van der Waals surface area (Å²) in [6.07, 6.45) is 2.36. The summed E-state index contributed by atoms with van der Waals surface area (Å²) in [5, 5.41) is 3.77. The zero-order valence-corrected chi connectivity index (χ0v) is 18.1. The number of carbonyl (C=O) groups is 2. The summed E-state index contributed by atoms with van der Waals surface area (Å²) in [5.41, 5.74) is 5.29. The molecule has 2 heterocycles. The van der Waals surface area contributed by atoms with E-state index in [1.54, 1.807) is 25.1 Å². The van der Waals surface area contributed by atoms with E-state index in [9.17, 15) is 9.59 Å². The molecule has 0 atom stereocenters. The molecule has 0 saturated heterocycles. The summed E-state index contributed by atoms with van der Waals surface area (Å²) in [7, 11) is 0. The second-order valence-corrected chi connectivity index (χ2v) is 7.77. The minimum Gasteiger partial charge on any atom is -0.493 e. The fraction of sp³-hybridized carbons (Fsp3) is 0.148. The van der Waals surface area contributed by atoms with Crippen LogP contribution < -0.4 is 10.1 Å². The van der Waals surface area contributed by atoms with Crippen molar-refractivity contribution in [3.05, 3.63) is 89.6 Å². The average Bonchev–Trinajstić information content (AvgIpc) is 3.32. The van der Waals surface area contributed by atoms with Crippen molar-refractivity contribution in [2.75, 3.05) is 18.5 Å². The number of nitrogens with zero attached hydrogens (tertiary/aromatic N) is 1. The number of benzene rings is 3. The lowest BCUT2D eigenvalue weighted by molar-refractivity contribution is 0.0526. The van der Waals surface area contributed by atoms with Crippen molar-refractivity contribution in [2.24, 2.45) is 0 Å². The standard InChI is InChI=1S/C27H22N2O4/c1-2-32-27(31)20-14-18-7-9-21(15-24(18)28-16-20)29-26(30)23-6-4-3-5-22(23)17-8-10-25-19(13-17)11-12-33-25/h3-10,13-16H,2,11-12H2,1H3,(H,29,30). The highest BCUT2D eigenvalue weighted by atomic mass is 16.5. The molecule has 33 heavy (non-hydrogen) atoms. The normalized spacial score (nSPS) is 12.2. The highest BCUT2D eigenvalue weighted by Gasteiger charge is 2.17. The maximum absolute atomic E-state index is 13.2. The van der Waals surface area contributed by atoms with Gasteiger partial charge in [0.25, 0.3) is 5.91 Å². The van der Waals surface area contributed by atoms with Gasteiger partial charge in [0.1, 0.15) is 5.75 Å². The highest BCUT2D eigenvalue weighted by Crippen LogP contribution is 2.32. The lowest BCUT2D eigenvalue weighted by Gasteiger charge is -2.12. The molecule has 0 radical (unpaired) electrons. The van der Waals surface area contributed by atoms with E-state index >= 15 is 0 Å². The Morgan fingerprint density at radius 2 is 1.94 bits per heavy atom. The molecule has 5 rings (SSSR count). The van der Waals surface area contributed by atoms with E-state index in [0.717, 1.165) is 34.2 Å². The van der Waals surface area contributed by atoms with Crippen molar-refractivity contribution in [1.29, 1.82) is 0 Å². The van der Waals surface area contributed by atoms with E-state index in [-0.39, 0.29) is 5.91 Å². The number of nitrogens with one attached hydrogen (secondary N) is 1. The Hall–Kier alpha value is -4.19. The number of hydrogen-bond acceptors (Lipinski definition) is 5. The number of pyridine rings is 1. The fourth-order valence-corrected chi connectivity index (χ4v) is 4.01. The van der Waals surface area contributed by atoms with Gasteiger partial charge in [0, 0.05) is 29.3 Å². The molecule has 1 aliphatic heterocycles. The third-order valence-electron chi connectivity index (χ3n) is 5.63. The highest BCUT2D eigenvalue weighted by molar-refractivity contribution is 6.09. The van der Waals surface area contributed by atoms with E-state index in [2.05, 4.69) is 16.4 Å². The second kappa shape index (κ2) is 8.74. The number of hydrogen-bond donors (Lipinski definition) is 1. The van der Waals surface area contributed by atoms with Gasteiger partial charge in [0.05, 0.1) is 24.3 Å². The molecular formula is C27H22N2O4. The maximum Gasteiger partial charge on any atom is 0.339 e. The molecule has 1 aliphatic rings. The first-order valence-corrected chi connectivity index (χ1v) is 10.9. The number of carbonyl (C=O) groups excluding carboxylic acids is 2. The molecule has 0 fully saturated rings. The first-order chi connectivity index (χ1) is 16.1. The van der Waals surface area contributed by atoms with Crippen LogP contribution in [0.5, 0.6) is 5.75 Å². The van der Waals surface area contributed by atoms with Gasteiger partial charge in [-0.05, 0) is 60.0 Å². The third kappa shape index (κ3) is 4.15. The minimum atomic E-state index is -0.404. The number of amides is 1. The van der Waals surface area contributed by atoms with E-state index in [1.165, 1.54) is 6.20 Å². The van der Waals surface area contributed by atoms with Gasteiger partial charge in [0.2, 0.25) is 0 Å². The molecule has 0 saturated carbocycles. The summed E-state index contributed by atoms with van der Waals surface area (Å²) in [4.78, 5) is 29.5. The van der Waals surface area contributed by atoms with Crippen LogP contribution in [0.15, 0.2) is 72.9 Å². The van der Waals surface area contributed by atoms with Crippen molar-refractivity contribution in [3.63, 3.8) is 0 Å². The summed E-state index contributed by atoms with van der Waals surface area (Å²) in [5.74, 6) is 0.305. The molecule has 0 spiro atoms. The van der Waals surface area contributed by atoms with Gasteiger partial charge in [-0.15, -0.1) is 0 Å². The van der Waals surface area contributed by atoms with Crippen molar-refractivity contribution in [2.45, 2.75) is 13.3 Å².